The molecule has 0 aliphatic rings. The Balaban J connectivity index is 1.66. The molecule has 0 amide bonds. The van der Waals surface area contributed by atoms with E-state index in [9.17, 15) is 18.0 Å². The average Bonchev–Trinajstić information content (AvgIpc) is 3.44. The van der Waals surface area contributed by atoms with E-state index in [1.807, 2.05) is 41.2 Å². The largest absolute Gasteiger partial charge is 0.481 e. The van der Waals surface area contributed by atoms with Gasteiger partial charge in [-0.2, -0.15) is 18.3 Å². The lowest BCUT2D eigenvalue weighted by atomic mass is 10.0. The minimum absolute atomic E-state index is 0.0719. The van der Waals surface area contributed by atoms with E-state index < -0.39 is 17.8 Å². The van der Waals surface area contributed by atoms with Gasteiger partial charge in [-0.3, -0.25) is 4.79 Å². The number of aromatic nitrogens is 3. The summed E-state index contributed by atoms with van der Waals surface area (Å²) in [7, 11) is 0. The molecule has 4 rings (SSSR count). The second-order valence-corrected chi connectivity index (χ2v) is 7.38. The molecule has 0 saturated heterocycles. The summed E-state index contributed by atoms with van der Waals surface area (Å²) in [5.41, 5.74) is 2.26. The van der Waals surface area contributed by atoms with Gasteiger partial charge in [-0.25, -0.2) is 4.68 Å². The Bertz CT molecular complexity index is 1190. The smallest absolute Gasteiger partial charge is 0.435 e. The van der Waals surface area contributed by atoms with Gasteiger partial charge in [0, 0.05) is 30.1 Å². The standard InChI is InChI=1S/C24H20F3N3O2/c25-24(26,27)22-16-21(18-8-6-17(7-9-18)4-3-5-23(31)32)30(28-22)20-12-10-19(11-13-20)29-14-1-2-15-29/h1-2,6-16H,3-5H2,(H,31,32). The maximum Gasteiger partial charge on any atom is 0.435 e. The molecule has 164 valence electrons. The van der Waals surface area contributed by atoms with E-state index in [1.165, 1.54) is 4.68 Å². The van der Waals surface area contributed by atoms with Gasteiger partial charge in [0.2, 0.25) is 0 Å². The minimum Gasteiger partial charge on any atom is -0.481 e. The van der Waals surface area contributed by atoms with Crippen molar-refractivity contribution in [3.8, 4) is 22.6 Å². The number of alkyl halides is 3. The second kappa shape index (κ2) is 8.74. The van der Waals surface area contributed by atoms with Crippen LogP contribution in [0.25, 0.3) is 22.6 Å². The molecular formula is C24H20F3N3O2. The van der Waals surface area contributed by atoms with Gasteiger partial charge in [0.25, 0.3) is 0 Å². The van der Waals surface area contributed by atoms with Crippen molar-refractivity contribution < 1.29 is 23.1 Å². The molecule has 0 bridgehead atoms. The summed E-state index contributed by atoms with van der Waals surface area (Å²) in [5.74, 6) is -0.854. The number of aryl methyl sites for hydroxylation is 1. The summed E-state index contributed by atoms with van der Waals surface area (Å²) in [6.07, 6.45) is 0.353. The van der Waals surface area contributed by atoms with Crippen LogP contribution in [0.3, 0.4) is 0 Å². The van der Waals surface area contributed by atoms with Crippen molar-refractivity contribution in [1.29, 1.82) is 0 Å². The van der Waals surface area contributed by atoms with Crippen molar-refractivity contribution in [2.24, 2.45) is 0 Å². The van der Waals surface area contributed by atoms with E-state index in [1.54, 1.807) is 36.4 Å². The number of benzene rings is 2. The van der Waals surface area contributed by atoms with Crippen LogP contribution in [0.1, 0.15) is 24.1 Å². The second-order valence-electron chi connectivity index (χ2n) is 7.38. The number of hydrogen-bond donors (Lipinski definition) is 1. The normalized spacial score (nSPS) is 11.6. The fraction of sp³-hybridized carbons (Fsp3) is 0.167. The maximum absolute atomic E-state index is 13.4. The van der Waals surface area contributed by atoms with E-state index in [4.69, 9.17) is 5.11 Å². The number of carbonyl (C=O) groups is 1. The third kappa shape index (κ3) is 4.74. The van der Waals surface area contributed by atoms with Gasteiger partial charge in [-0.1, -0.05) is 24.3 Å². The third-order valence-electron chi connectivity index (χ3n) is 5.10. The first-order chi connectivity index (χ1) is 15.3. The lowest BCUT2D eigenvalue weighted by molar-refractivity contribution is -0.141. The molecule has 5 nitrogen and oxygen atoms in total. The van der Waals surface area contributed by atoms with E-state index in [0.29, 0.717) is 29.8 Å². The van der Waals surface area contributed by atoms with Crippen LogP contribution in [0.5, 0.6) is 0 Å². The van der Waals surface area contributed by atoms with Gasteiger partial charge >= 0.3 is 12.1 Å². The Morgan fingerprint density at radius 1 is 0.938 bits per heavy atom. The summed E-state index contributed by atoms with van der Waals surface area (Å²) in [6, 6.07) is 19.0. The lowest BCUT2D eigenvalue weighted by Gasteiger charge is -2.10. The summed E-state index contributed by atoms with van der Waals surface area (Å²) in [6.45, 7) is 0. The molecule has 32 heavy (non-hydrogen) atoms. The van der Waals surface area contributed by atoms with E-state index in [2.05, 4.69) is 5.10 Å². The molecule has 0 spiro atoms. The van der Waals surface area contributed by atoms with E-state index >= 15 is 0 Å². The van der Waals surface area contributed by atoms with Crippen LogP contribution in [0.4, 0.5) is 13.2 Å². The van der Waals surface area contributed by atoms with E-state index in [-0.39, 0.29) is 6.42 Å². The van der Waals surface area contributed by atoms with Crippen LogP contribution in [-0.2, 0) is 17.4 Å². The number of aliphatic carboxylic acids is 1. The van der Waals surface area contributed by atoms with Crippen molar-refractivity contribution in [2.75, 3.05) is 0 Å². The Morgan fingerprint density at radius 2 is 1.56 bits per heavy atom. The Hall–Kier alpha value is -3.81. The SMILES string of the molecule is O=C(O)CCCc1ccc(-c2cc(C(F)(F)F)nn2-c2ccc(-n3cccc3)cc2)cc1. The molecule has 1 N–H and O–H groups in total. The number of carboxylic acid groups (broad SMARTS) is 1. The van der Waals surface area contributed by atoms with Gasteiger partial charge < -0.3 is 9.67 Å². The van der Waals surface area contributed by atoms with Crippen molar-refractivity contribution in [2.45, 2.75) is 25.4 Å². The molecule has 8 heteroatoms. The van der Waals surface area contributed by atoms with Crippen molar-refractivity contribution >= 4 is 5.97 Å². The van der Waals surface area contributed by atoms with Crippen LogP contribution in [0.15, 0.2) is 79.1 Å². The van der Waals surface area contributed by atoms with Gasteiger partial charge in [0.1, 0.15) is 0 Å². The maximum atomic E-state index is 13.4. The summed E-state index contributed by atoms with van der Waals surface area (Å²) in [4.78, 5) is 10.7. The topological polar surface area (TPSA) is 60.0 Å². The van der Waals surface area contributed by atoms with E-state index in [0.717, 1.165) is 17.3 Å². The van der Waals surface area contributed by atoms with Crippen LogP contribution < -0.4 is 0 Å². The van der Waals surface area contributed by atoms with Crippen LogP contribution in [0.2, 0.25) is 0 Å². The first-order valence-corrected chi connectivity index (χ1v) is 10.0. The highest BCUT2D eigenvalue weighted by Crippen LogP contribution is 2.33. The predicted octanol–water partition coefficient (Wildman–Crippen LogP) is 5.76. The van der Waals surface area contributed by atoms with Crippen molar-refractivity contribution in [3.63, 3.8) is 0 Å². The molecule has 0 aliphatic heterocycles. The Labute approximate surface area is 182 Å². The molecule has 4 aromatic rings. The molecule has 0 saturated carbocycles. The highest BCUT2D eigenvalue weighted by atomic mass is 19.4. The molecule has 2 heterocycles. The van der Waals surface area contributed by atoms with Crippen molar-refractivity contribution in [1.82, 2.24) is 14.3 Å². The molecule has 0 atom stereocenters. The van der Waals surface area contributed by atoms with Gasteiger partial charge in [0.05, 0.1) is 11.4 Å². The number of rotatable bonds is 7. The summed E-state index contributed by atoms with van der Waals surface area (Å²) in [5, 5.41) is 12.6. The Morgan fingerprint density at radius 3 is 2.16 bits per heavy atom. The summed E-state index contributed by atoms with van der Waals surface area (Å²) >= 11 is 0. The molecular weight excluding hydrogens is 419 g/mol. The molecule has 2 aromatic carbocycles. The zero-order valence-corrected chi connectivity index (χ0v) is 17.0. The zero-order valence-electron chi connectivity index (χ0n) is 17.0. The molecule has 0 unspecified atom stereocenters. The fourth-order valence-electron chi connectivity index (χ4n) is 3.48. The molecule has 2 aromatic heterocycles. The quantitative estimate of drug-likeness (QED) is 0.399. The summed E-state index contributed by atoms with van der Waals surface area (Å²) < 4.78 is 43.4. The highest BCUT2D eigenvalue weighted by Gasteiger charge is 2.35. The number of carboxylic acids is 1. The monoisotopic (exact) mass is 439 g/mol. The average molecular weight is 439 g/mol. The third-order valence-corrected chi connectivity index (χ3v) is 5.10. The van der Waals surface area contributed by atoms with Gasteiger partial charge in [-0.05, 0) is 60.9 Å². The lowest BCUT2D eigenvalue weighted by Crippen LogP contribution is -2.07. The predicted molar refractivity (Wildman–Crippen MR) is 114 cm³/mol. The van der Waals surface area contributed by atoms with Crippen LogP contribution >= 0.6 is 0 Å². The van der Waals surface area contributed by atoms with Crippen molar-refractivity contribution in [3.05, 3.63) is 90.4 Å². The highest BCUT2D eigenvalue weighted by molar-refractivity contribution is 5.66. The van der Waals surface area contributed by atoms with Crippen LogP contribution in [-0.4, -0.2) is 25.4 Å². The molecule has 0 aliphatic carbocycles. The number of hydrogen-bond acceptors (Lipinski definition) is 2. The fourth-order valence-corrected chi connectivity index (χ4v) is 3.48. The number of nitrogens with zero attached hydrogens (tertiary/aromatic N) is 3. The minimum atomic E-state index is -4.57. The van der Waals surface area contributed by atoms with Gasteiger partial charge in [0.15, 0.2) is 5.69 Å². The van der Waals surface area contributed by atoms with Crippen LogP contribution in [0, 0.1) is 0 Å². The molecule has 0 fully saturated rings. The number of halogens is 3. The first-order valence-electron chi connectivity index (χ1n) is 10.0. The van der Waals surface area contributed by atoms with Gasteiger partial charge in [-0.15, -0.1) is 0 Å². The first kappa shape index (κ1) is 21.4. The zero-order chi connectivity index (χ0) is 22.7. The Kier molecular flexibility index (Phi) is 5.85. The molecule has 0 radical (unpaired) electrons.